The van der Waals surface area contributed by atoms with Gasteiger partial charge in [-0.15, -0.1) is 0 Å². The molecule has 3 atom stereocenters. The third kappa shape index (κ3) is 2.12. The highest BCUT2D eigenvalue weighted by Crippen LogP contribution is 2.46. The number of ether oxygens (including phenoxy) is 3. The maximum Gasteiger partial charge on any atom is 0.266 e. The molecule has 0 fully saturated rings. The molecule has 4 heteroatoms. The predicted molar refractivity (Wildman–Crippen MR) is 78.0 cm³/mol. The predicted octanol–water partition coefficient (Wildman–Crippen LogP) is 2.63. The summed E-state index contributed by atoms with van der Waals surface area (Å²) >= 11 is 0. The van der Waals surface area contributed by atoms with Crippen molar-refractivity contribution in [2.45, 2.75) is 18.0 Å². The van der Waals surface area contributed by atoms with Crippen LogP contribution >= 0.6 is 0 Å². The summed E-state index contributed by atoms with van der Waals surface area (Å²) in [6.07, 6.45) is -1.50. The van der Waals surface area contributed by atoms with Crippen LogP contribution in [0, 0.1) is 0 Å². The van der Waals surface area contributed by atoms with Crippen LogP contribution in [0.25, 0.3) is 0 Å². The van der Waals surface area contributed by atoms with Gasteiger partial charge in [0, 0.05) is 25.3 Å². The first-order valence-electron chi connectivity index (χ1n) is 6.82. The van der Waals surface area contributed by atoms with E-state index in [1.807, 2.05) is 54.6 Å². The lowest BCUT2D eigenvalue weighted by molar-refractivity contribution is -0.274. The summed E-state index contributed by atoms with van der Waals surface area (Å²) in [5, 5.41) is 10.7. The summed E-state index contributed by atoms with van der Waals surface area (Å²) in [6, 6.07) is 16.9. The molecule has 0 saturated carbocycles. The lowest BCUT2D eigenvalue weighted by Crippen LogP contribution is -2.53. The number of methoxy groups -OCH3 is 2. The molecule has 3 unspecified atom stereocenters. The Morgan fingerprint density at radius 3 is 2.33 bits per heavy atom. The van der Waals surface area contributed by atoms with Gasteiger partial charge in [-0.25, -0.2) is 0 Å². The van der Waals surface area contributed by atoms with E-state index in [9.17, 15) is 5.11 Å². The van der Waals surface area contributed by atoms with E-state index in [4.69, 9.17) is 14.2 Å². The highest BCUT2D eigenvalue weighted by atomic mass is 16.7. The second-order valence-corrected chi connectivity index (χ2v) is 4.98. The van der Waals surface area contributed by atoms with Crippen LogP contribution < -0.4 is 4.74 Å². The lowest BCUT2D eigenvalue weighted by atomic mass is 9.89. The Labute approximate surface area is 123 Å². The number of para-hydroxylation sites is 1. The number of fused-ring (bicyclic) bond motifs is 1. The van der Waals surface area contributed by atoms with Gasteiger partial charge in [0.1, 0.15) is 11.9 Å². The molecule has 21 heavy (non-hydrogen) atoms. The van der Waals surface area contributed by atoms with Crippen LogP contribution in [0.3, 0.4) is 0 Å². The van der Waals surface area contributed by atoms with Crippen LogP contribution in [-0.4, -0.2) is 25.4 Å². The minimum absolute atomic E-state index is 0.601. The zero-order valence-corrected chi connectivity index (χ0v) is 12.0. The van der Waals surface area contributed by atoms with Gasteiger partial charge in [0.15, 0.2) is 6.10 Å². The van der Waals surface area contributed by atoms with Gasteiger partial charge in [-0.2, -0.15) is 0 Å². The zero-order chi connectivity index (χ0) is 14.9. The summed E-state index contributed by atoms with van der Waals surface area (Å²) < 4.78 is 17.3. The molecule has 0 bridgehead atoms. The van der Waals surface area contributed by atoms with Crippen molar-refractivity contribution in [1.29, 1.82) is 0 Å². The van der Waals surface area contributed by atoms with Gasteiger partial charge in [0.2, 0.25) is 0 Å². The molecular formula is C17H18O4. The normalized spacial score (nSPS) is 27.8. The third-order valence-corrected chi connectivity index (χ3v) is 3.89. The SMILES string of the molecule is COC1C(O)c2ccccc2OC1(OC)c1ccccc1. The van der Waals surface area contributed by atoms with Crippen LogP contribution in [0.1, 0.15) is 17.2 Å². The second kappa shape index (κ2) is 5.48. The van der Waals surface area contributed by atoms with Gasteiger partial charge in [-0.3, -0.25) is 0 Å². The van der Waals surface area contributed by atoms with E-state index >= 15 is 0 Å². The van der Waals surface area contributed by atoms with Crippen LogP contribution in [0.2, 0.25) is 0 Å². The molecule has 2 aromatic carbocycles. The molecule has 0 radical (unpaired) electrons. The van der Waals surface area contributed by atoms with Crippen molar-refractivity contribution in [1.82, 2.24) is 0 Å². The third-order valence-electron chi connectivity index (χ3n) is 3.89. The minimum Gasteiger partial charge on any atom is -0.455 e. The molecule has 4 nitrogen and oxygen atoms in total. The van der Waals surface area contributed by atoms with Gasteiger partial charge in [-0.1, -0.05) is 48.5 Å². The van der Waals surface area contributed by atoms with E-state index in [1.165, 1.54) is 0 Å². The number of hydrogen-bond donors (Lipinski definition) is 1. The smallest absolute Gasteiger partial charge is 0.266 e. The van der Waals surface area contributed by atoms with Crippen LogP contribution in [-0.2, 0) is 15.3 Å². The first-order valence-corrected chi connectivity index (χ1v) is 6.82. The quantitative estimate of drug-likeness (QED) is 0.942. The molecule has 3 rings (SSSR count). The molecule has 1 N–H and O–H groups in total. The van der Waals surface area contributed by atoms with Crippen molar-refractivity contribution >= 4 is 0 Å². The van der Waals surface area contributed by atoms with Crippen LogP contribution in [0.4, 0.5) is 0 Å². The summed E-state index contributed by atoms with van der Waals surface area (Å²) in [5.41, 5.74) is 1.50. The maximum atomic E-state index is 10.7. The van der Waals surface area contributed by atoms with Gasteiger partial charge < -0.3 is 19.3 Å². The Bertz CT molecular complexity index is 613. The number of aliphatic hydroxyl groups is 1. The van der Waals surface area contributed by atoms with Crippen molar-refractivity contribution in [3.8, 4) is 5.75 Å². The summed E-state index contributed by atoms with van der Waals surface area (Å²) in [7, 11) is 3.10. The first-order chi connectivity index (χ1) is 10.2. The Morgan fingerprint density at radius 1 is 1.00 bits per heavy atom. The van der Waals surface area contributed by atoms with E-state index in [0.29, 0.717) is 11.3 Å². The fourth-order valence-electron chi connectivity index (χ4n) is 2.86. The zero-order valence-electron chi connectivity index (χ0n) is 12.0. The van der Waals surface area contributed by atoms with Crippen molar-refractivity contribution < 1.29 is 19.3 Å². The summed E-state index contributed by atoms with van der Waals surface area (Å²) in [4.78, 5) is 0. The van der Waals surface area contributed by atoms with E-state index in [2.05, 4.69) is 0 Å². The molecule has 110 valence electrons. The number of rotatable bonds is 3. The molecule has 0 aliphatic carbocycles. The van der Waals surface area contributed by atoms with E-state index < -0.39 is 18.0 Å². The Hall–Kier alpha value is -1.88. The van der Waals surface area contributed by atoms with E-state index in [-0.39, 0.29) is 0 Å². The summed E-state index contributed by atoms with van der Waals surface area (Å²) in [6.45, 7) is 0. The van der Waals surface area contributed by atoms with Gasteiger partial charge in [0.05, 0.1) is 0 Å². The topological polar surface area (TPSA) is 47.9 Å². The number of aliphatic hydroxyl groups excluding tert-OH is 1. The first kappa shape index (κ1) is 14.1. The van der Waals surface area contributed by atoms with Crippen LogP contribution in [0.5, 0.6) is 5.75 Å². The van der Waals surface area contributed by atoms with Crippen molar-refractivity contribution in [3.63, 3.8) is 0 Å². The lowest BCUT2D eigenvalue weighted by Gasteiger charge is -2.44. The molecule has 1 aliphatic heterocycles. The molecule has 0 amide bonds. The number of hydrogen-bond acceptors (Lipinski definition) is 4. The Morgan fingerprint density at radius 2 is 1.67 bits per heavy atom. The van der Waals surface area contributed by atoms with Crippen molar-refractivity contribution in [2.75, 3.05) is 14.2 Å². The van der Waals surface area contributed by atoms with Gasteiger partial charge >= 0.3 is 0 Å². The van der Waals surface area contributed by atoms with Gasteiger partial charge in [-0.05, 0) is 6.07 Å². The Kier molecular flexibility index (Phi) is 3.68. The molecule has 2 aromatic rings. The molecule has 0 aromatic heterocycles. The molecule has 0 spiro atoms. The minimum atomic E-state index is -1.18. The highest BCUT2D eigenvalue weighted by Gasteiger charge is 2.52. The van der Waals surface area contributed by atoms with E-state index in [1.54, 1.807) is 14.2 Å². The molecular weight excluding hydrogens is 268 g/mol. The van der Waals surface area contributed by atoms with Crippen molar-refractivity contribution in [3.05, 3.63) is 65.7 Å². The number of benzene rings is 2. The second-order valence-electron chi connectivity index (χ2n) is 4.98. The standard InChI is InChI=1S/C17H18O4/c1-19-16-15(18)13-10-6-7-11-14(13)21-17(16,20-2)12-8-4-3-5-9-12/h3-11,15-16,18H,1-2H3. The average molecular weight is 286 g/mol. The Balaban J connectivity index is 2.16. The fraction of sp³-hybridized carbons (Fsp3) is 0.294. The van der Waals surface area contributed by atoms with Gasteiger partial charge in [0.25, 0.3) is 5.79 Å². The monoisotopic (exact) mass is 286 g/mol. The van der Waals surface area contributed by atoms with E-state index in [0.717, 1.165) is 5.56 Å². The molecule has 1 heterocycles. The maximum absolute atomic E-state index is 10.7. The molecule has 1 aliphatic rings. The van der Waals surface area contributed by atoms with Crippen molar-refractivity contribution in [2.24, 2.45) is 0 Å². The molecule has 0 saturated heterocycles. The largest absolute Gasteiger partial charge is 0.455 e. The highest BCUT2D eigenvalue weighted by molar-refractivity contribution is 5.41. The summed E-state index contributed by atoms with van der Waals surface area (Å²) in [5.74, 6) is -0.576. The van der Waals surface area contributed by atoms with Crippen LogP contribution in [0.15, 0.2) is 54.6 Å². The fourth-order valence-corrected chi connectivity index (χ4v) is 2.86. The average Bonchev–Trinajstić information content (AvgIpc) is 2.55.